The Morgan fingerprint density at radius 2 is 1.69 bits per heavy atom. The molecule has 0 spiro atoms. The van der Waals surface area contributed by atoms with Crippen LogP contribution in [0.5, 0.6) is 0 Å². The lowest BCUT2D eigenvalue weighted by atomic mass is 10.5. The van der Waals surface area contributed by atoms with Crippen molar-refractivity contribution in [2.45, 2.75) is 20.8 Å². The van der Waals surface area contributed by atoms with Gasteiger partial charge in [0, 0.05) is 5.82 Å². The SMILES string of the molecule is CC=C/C=C/P(=O)(OCC)OCC. The minimum Gasteiger partial charge on any atom is -0.306 e. The second kappa shape index (κ2) is 7.07. The Kier molecular flexibility index (Phi) is 6.87. The highest BCUT2D eigenvalue weighted by atomic mass is 31.2. The van der Waals surface area contributed by atoms with E-state index in [2.05, 4.69) is 0 Å². The van der Waals surface area contributed by atoms with Gasteiger partial charge >= 0.3 is 7.60 Å². The molecular weight excluding hydrogens is 187 g/mol. The molecule has 0 aliphatic carbocycles. The predicted molar refractivity (Wildman–Crippen MR) is 54.8 cm³/mol. The molecule has 0 aromatic rings. The van der Waals surface area contributed by atoms with Crippen molar-refractivity contribution in [3.63, 3.8) is 0 Å². The summed E-state index contributed by atoms with van der Waals surface area (Å²) >= 11 is 0. The Bertz CT molecular complexity index is 211. The molecule has 0 aliphatic heterocycles. The fraction of sp³-hybridized carbons (Fsp3) is 0.556. The second-order valence-electron chi connectivity index (χ2n) is 2.24. The Balaban J connectivity index is 4.31. The molecule has 4 heteroatoms. The Morgan fingerprint density at radius 3 is 2.08 bits per heavy atom. The first kappa shape index (κ1) is 12.6. The van der Waals surface area contributed by atoms with Crippen LogP contribution >= 0.6 is 7.60 Å². The van der Waals surface area contributed by atoms with E-state index in [1.54, 1.807) is 26.0 Å². The summed E-state index contributed by atoms with van der Waals surface area (Å²) in [4.78, 5) is 0. The summed E-state index contributed by atoms with van der Waals surface area (Å²) in [6.07, 6.45) is 5.30. The van der Waals surface area contributed by atoms with Gasteiger partial charge < -0.3 is 9.05 Å². The van der Waals surface area contributed by atoms with E-state index in [0.717, 1.165) is 0 Å². The lowest BCUT2D eigenvalue weighted by Gasteiger charge is -2.11. The van der Waals surface area contributed by atoms with Crippen molar-refractivity contribution in [3.05, 3.63) is 24.0 Å². The predicted octanol–water partition coefficient (Wildman–Crippen LogP) is 3.34. The highest BCUT2D eigenvalue weighted by Crippen LogP contribution is 2.49. The van der Waals surface area contributed by atoms with Gasteiger partial charge in [0.1, 0.15) is 0 Å². The highest BCUT2D eigenvalue weighted by Gasteiger charge is 2.17. The normalized spacial score (nSPS) is 13.2. The van der Waals surface area contributed by atoms with E-state index in [4.69, 9.17) is 9.05 Å². The Hall–Kier alpha value is -0.370. The topological polar surface area (TPSA) is 35.5 Å². The summed E-state index contributed by atoms with van der Waals surface area (Å²) < 4.78 is 21.8. The molecule has 0 saturated heterocycles. The van der Waals surface area contributed by atoms with Crippen LogP contribution in [0.1, 0.15) is 20.8 Å². The van der Waals surface area contributed by atoms with Gasteiger partial charge in [-0.2, -0.15) is 0 Å². The van der Waals surface area contributed by atoms with Crippen LogP contribution in [0.2, 0.25) is 0 Å². The van der Waals surface area contributed by atoms with Gasteiger partial charge in [0.15, 0.2) is 0 Å². The minimum atomic E-state index is -2.98. The molecule has 0 bridgehead atoms. The molecule has 13 heavy (non-hydrogen) atoms. The quantitative estimate of drug-likeness (QED) is 0.491. The summed E-state index contributed by atoms with van der Waals surface area (Å²) in [6.45, 7) is 6.23. The van der Waals surface area contributed by atoms with Gasteiger partial charge in [-0.15, -0.1) is 0 Å². The monoisotopic (exact) mass is 204 g/mol. The summed E-state index contributed by atoms with van der Waals surface area (Å²) in [7, 11) is -2.98. The van der Waals surface area contributed by atoms with Crippen molar-refractivity contribution >= 4 is 7.60 Å². The standard InChI is InChI=1S/C9H17O3P/c1-4-7-8-9-13(10,11-5-2)12-6-3/h4,7-9H,5-6H2,1-3H3/b7-4?,9-8+. The average molecular weight is 204 g/mol. The zero-order valence-electron chi connectivity index (χ0n) is 8.40. The molecule has 0 amide bonds. The molecule has 0 atom stereocenters. The molecule has 0 heterocycles. The molecule has 0 aromatic heterocycles. The molecular formula is C9H17O3P. The van der Waals surface area contributed by atoms with E-state index in [0.29, 0.717) is 13.2 Å². The van der Waals surface area contributed by atoms with Crippen molar-refractivity contribution in [1.29, 1.82) is 0 Å². The van der Waals surface area contributed by atoms with Gasteiger partial charge in [-0.05, 0) is 20.8 Å². The Morgan fingerprint density at radius 1 is 1.15 bits per heavy atom. The third-order valence-electron chi connectivity index (χ3n) is 1.19. The maximum atomic E-state index is 11.7. The zero-order chi connectivity index (χ0) is 10.2. The fourth-order valence-electron chi connectivity index (χ4n) is 0.749. The van der Waals surface area contributed by atoms with E-state index in [9.17, 15) is 4.57 Å². The van der Waals surface area contributed by atoms with Crippen LogP contribution in [0.25, 0.3) is 0 Å². The molecule has 0 saturated carbocycles. The van der Waals surface area contributed by atoms with Crippen molar-refractivity contribution in [2.24, 2.45) is 0 Å². The molecule has 0 rings (SSSR count). The van der Waals surface area contributed by atoms with Gasteiger partial charge in [0.2, 0.25) is 0 Å². The van der Waals surface area contributed by atoms with E-state index in [-0.39, 0.29) is 0 Å². The van der Waals surface area contributed by atoms with Crippen LogP contribution in [-0.4, -0.2) is 13.2 Å². The lowest BCUT2D eigenvalue weighted by molar-refractivity contribution is 0.229. The molecule has 0 aromatic carbocycles. The molecule has 3 nitrogen and oxygen atoms in total. The van der Waals surface area contributed by atoms with Gasteiger partial charge in [0.25, 0.3) is 0 Å². The third kappa shape index (κ3) is 5.81. The van der Waals surface area contributed by atoms with Crippen LogP contribution < -0.4 is 0 Å². The van der Waals surface area contributed by atoms with E-state index in [1.165, 1.54) is 5.82 Å². The third-order valence-corrected chi connectivity index (χ3v) is 2.96. The summed E-state index contributed by atoms with van der Waals surface area (Å²) in [5, 5.41) is 0. The van der Waals surface area contributed by atoms with Crippen LogP contribution in [0.3, 0.4) is 0 Å². The number of allylic oxidation sites excluding steroid dienone is 3. The van der Waals surface area contributed by atoms with Crippen LogP contribution in [0.15, 0.2) is 24.0 Å². The Labute approximate surface area is 80.0 Å². The van der Waals surface area contributed by atoms with Gasteiger partial charge in [-0.1, -0.05) is 18.2 Å². The smallest absolute Gasteiger partial charge is 0.306 e. The zero-order valence-corrected chi connectivity index (χ0v) is 9.29. The van der Waals surface area contributed by atoms with Crippen molar-refractivity contribution in [1.82, 2.24) is 0 Å². The molecule has 0 aliphatic rings. The van der Waals surface area contributed by atoms with Crippen LogP contribution in [0, 0.1) is 0 Å². The lowest BCUT2D eigenvalue weighted by Crippen LogP contribution is -1.92. The van der Waals surface area contributed by atoms with Gasteiger partial charge in [-0.3, -0.25) is 4.57 Å². The maximum absolute atomic E-state index is 11.7. The first-order valence-corrected chi connectivity index (χ1v) is 5.99. The molecule has 0 fully saturated rings. The second-order valence-corrected chi connectivity index (χ2v) is 4.14. The highest BCUT2D eigenvalue weighted by molar-refractivity contribution is 7.57. The van der Waals surface area contributed by atoms with Gasteiger partial charge in [0.05, 0.1) is 13.2 Å². The molecule has 0 radical (unpaired) electrons. The van der Waals surface area contributed by atoms with E-state index < -0.39 is 7.60 Å². The number of rotatable bonds is 6. The molecule has 76 valence electrons. The summed E-state index contributed by atoms with van der Waals surface area (Å²) in [6, 6.07) is 0. The number of hydrogen-bond acceptors (Lipinski definition) is 3. The van der Waals surface area contributed by atoms with Crippen LogP contribution in [-0.2, 0) is 13.6 Å². The van der Waals surface area contributed by atoms with Crippen molar-refractivity contribution in [3.8, 4) is 0 Å². The van der Waals surface area contributed by atoms with Gasteiger partial charge in [-0.25, -0.2) is 0 Å². The van der Waals surface area contributed by atoms with E-state index in [1.807, 2.05) is 13.0 Å². The number of hydrogen-bond donors (Lipinski definition) is 0. The first-order valence-electron chi connectivity index (χ1n) is 4.37. The maximum Gasteiger partial charge on any atom is 0.354 e. The molecule has 0 N–H and O–H groups in total. The largest absolute Gasteiger partial charge is 0.354 e. The first-order chi connectivity index (χ1) is 6.18. The van der Waals surface area contributed by atoms with Crippen LogP contribution in [0.4, 0.5) is 0 Å². The minimum absolute atomic E-state index is 0.386. The fourth-order valence-corrected chi connectivity index (χ4v) is 2.03. The van der Waals surface area contributed by atoms with Crippen molar-refractivity contribution < 1.29 is 13.6 Å². The van der Waals surface area contributed by atoms with E-state index >= 15 is 0 Å². The summed E-state index contributed by atoms with van der Waals surface area (Å²) in [5.74, 6) is 1.47. The van der Waals surface area contributed by atoms with Crippen molar-refractivity contribution in [2.75, 3.05) is 13.2 Å². The average Bonchev–Trinajstić information content (AvgIpc) is 2.05. The summed E-state index contributed by atoms with van der Waals surface area (Å²) in [5.41, 5.74) is 0. The molecule has 0 unspecified atom stereocenters.